The van der Waals surface area contributed by atoms with Crippen LogP contribution in [0.1, 0.15) is 23.7 Å². The summed E-state index contributed by atoms with van der Waals surface area (Å²) < 4.78 is 33.3. The first-order valence-electron chi connectivity index (χ1n) is 11.2. The van der Waals surface area contributed by atoms with E-state index in [9.17, 15) is 9.50 Å². The van der Waals surface area contributed by atoms with E-state index in [1.165, 1.54) is 0 Å². The standard InChI is InChI=1S/C23H22ClFN6O4/c24-14-8-4-7-13(9-14)17-18(28-29-27-17)22-20(32)19(31-16(25)10-26-30-31)21-15(34-22)11-33-23(35-21)12-5-2-1-3-6-12/h1-9,15-16,19-23,32H,10-11H2,(H,27,28,29)/t15-,16?,19-,20-,21+,22+,23+/m1/s1. The minimum Gasteiger partial charge on any atom is -0.388 e. The molecule has 0 saturated carbocycles. The van der Waals surface area contributed by atoms with Crippen molar-refractivity contribution in [3.05, 3.63) is 70.9 Å². The molecule has 35 heavy (non-hydrogen) atoms. The van der Waals surface area contributed by atoms with Crippen LogP contribution in [-0.2, 0) is 14.2 Å². The van der Waals surface area contributed by atoms with Gasteiger partial charge in [-0.3, -0.25) is 5.10 Å². The van der Waals surface area contributed by atoms with E-state index in [0.29, 0.717) is 16.4 Å². The summed E-state index contributed by atoms with van der Waals surface area (Å²) in [5.74, 6) is 0. The van der Waals surface area contributed by atoms with Crippen LogP contribution in [0.25, 0.3) is 11.3 Å². The zero-order valence-electron chi connectivity index (χ0n) is 18.3. The van der Waals surface area contributed by atoms with Gasteiger partial charge in [0.25, 0.3) is 0 Å². The summed E-state index contributed by atoms with van der Waals surface area (Å²) in [7, 11) is 0. The molecule has 3 aliphatic heterocycles. The molecule has 0 aliphatic carbocycles. The van der Waals surface area contributed by atoms with Crippen molar-refractivity contribution in [3.63, 3.8) is 0 Å². The lowest BCUT2D eigenvalue weighted by Gasteiger charge is -2.49. The van der Waals surface area contributed by atoms with Crippen LogP contribution in [0, 0.1) is 0 Å². The number of benzene rings is 2. The molecule has 3 aliphatic rings. The molecule has 6 rings (SSSR count). The van der Waals surface area contributed by atoms with E-state index in [1.807, 2.05) is 36.4 Å². The number of aromatic amines is 1. The van der Waals surface area contributed by atoms with E-state index >= 15 is 0 Å². The number of halogens is 2. The average molecular weight is 501 g/mol. The molecule has 1 aromatic heterocycles. The maximum Gasteiger partial charge on any atom is 0.210 e. The molecule has 2 saturated heterocycles. The van der Waals surface area contributed by atoms with Gasteiger partial charge in [0.1, 0.15) is 42.7 Å². The number of H-pyrrole nitrogens is 1. The Bertz CT molecular complexity index is 1220. The molecular formula is C23H22ClFN6O4. The Morgan fingerprint density at radius 1 is 1.11 bits per heavy atom. The lowest BCUT2D eigenvalue weighted by Crippen LogP contribution is -2.64. The number of hydrogen-bond donors (Lipinski definition) is 2. The molecule has 7 atom stereocenters. The number of nitrogens with one attached hydrogen (secondary N) is 1. The van der Waals surface area contributed by atoms with Gasteiger partial charge in [-0.05, 0) is 12.1 Å². The molecule has 1 unspecified atom stereocenters. The van der Waals surface area contributed by atoms with Crippen molar-refractivity contribution in [3.8, 4) is 11.3 Å². The van der Waals surface area contributed by atoms with Gasteiger partial charge >= 0.3 is 0 Å². The highest BCUT2D eigenvalue weighted by Crippen LogP contribution is 2.43. The third kappa shape index (κ3) is 4.09. The van der Waals surface area contributed by atoms with Crippen molar-refractivity contribution < 1.29 is 23.7 Å². The van der Waals surface area contributed by atoms with E-state index in [4.69, 9.17) is 25.8 Å². The van der Waals surface area contributed by atoms with E-state index in [1.54, 1.807) is 18.2 Å². The molecule has 2 N–H and O–H groups in total. The van der Waals surface area contributed by atoms with Crippen LogP contribution >= 0.6 is 11.6 Å². The van der Waals surface area contributed by atoms with E-state index < -0.39 is 43.0 Å². The SMILES string of the molecule is O[C@@H]1[C@@H](N2N=NCC2F)[C@H]2O[C@@H](c3ccccc3)OC[C@H]2O[C@H]1c1nn[nH]c1-c1cccc(Cl)c1. The van der Waals surface area contributed by atoms with Crippen LogP contribution in [0.4, 0.5) is 4.39 Å². The van der Waals surface area contributed by atoms with Crippen LogP contribution in [-0.4, -0.2) is 69.3 Å². The summed E-state index contributed by atoms with van der Waals surface area (Å²) in [5.41, 5.74) is 2.42. The van der Waals surface area contributed by atoms with Crippen molar-refractivity contribution in [1.29, 1.82) is 0 Å². The number of aliphatic hydroxyl groups is 1. The normalized spacial score (nSPS) is 32.5. The van der Waals surface area contributed by atoms with Gasteiger partial charge in [0, 0.05) is 16.1 Å². The number of nitrogens with zero attached hydrogens (tertiary/aromatic N) is 5. The number of rotatable bonds is 4. The van der Waals surface area contributed by atoms with E-state index in [0.717, 1.165) is 16.1 Å². The van der Waals surface area contributed by atoms with Crippen molar-refractivity contribution in [1.82, 2.24) is 20.4 Å². The Kier molecular flexibility index (Phi) is 5.94. The van der Waals surface area contributed by atoms with Gasteiger partial charge in [-0.25, -0.2) is 9.40 Å². The molecule has 12 heteroatoms. The molecule has 2 fully saturated rings. The van der Waals surface area contributed by atoms with Crippen molar-refractivity contribution >= 4 is 11.6 Å². The molecule has 3 aromatic rings. The maximum atomic E-state index is 14.8. The first-order valence-corrected chi connectivity index (χ1v) is 11.6. The Labute approximate surface area is 204 Å². The van der Waals surface area contributed by atoms with E-state index in [-0.39, 0.29) is 13.2 Å². The lowest BCUT2D eigenvalue weighted by molar-refractivity contribution is -0.324. The van der Waals surface area contributed by atoms with Crippen LogP contribution < -0.4 is 0 Å². The Balaban J connectivity index is 1.35. The number of fused-ring (bicyclic) bond motifs is 1. The largest absolute Gasteiger partial charge is 0.388 e. The number of ether oxygens (including phenoxy) is 3. The minimum atomic E-state index is -1.50. The summed E-state index contributed by atoms with van der Waals surface area (Å²) in [5, 5.41) is 32.0. The topological polar surface area (TPSA) is 117 Å². The van der Waals surface area contributed by atoms with Gasteiger partial charge in [-0.2, -0.15) is 5.11 Å². The highest BCUT2D eigenvalue weighted by Gasteiger charge is 2.55. The molecule has 2 aromatic carbocycles. The summed E-state index contributed by atoms with van der Waals surface area (Å²) in [6.45, 7) is 0.0404. The number of aromatic nitrogens is 3. The quantitative estimate of drug-likeness (QED) is 0.527. The molecule has 0 amide bonds. The number of aliphatic hydroxyl groups excluding tert-OH is 1. The number of hydrogen-bond acceptors (Lipinski definition) is 9. The Morgan fingerprint density at radius 2 is 1.97 bits per heavy atom. The zero-order chi connectivity index (χ0) is 23.9. The predicted molar refractivity (Wildman–Crippen MR) is 121 cm³/mol. The molecule has 0 spiro atoms. The van der Waals surface area contributed by atoms with Crippen LogP contribution in [0.5, 0.6) is 0 Å². The van der Waals surface area contributed by atoms with Crippen LogP contribution in [0.2, 0.25) is 5.02 Å². The van der Waals surface area contributed by atoms with Gasteiger partial charge in [0.15, 0.2) is 6.29 Å². The molecule has 4 heterocycles. The molecule has 0 radical (unpaired) electrons. The highest BCUT2D eigenvalue weighted by atomic mass is 35.5. The predicted octanol–water partition coefficient (Wildman–Crippen LogP) is 3.39. The smallest absolute Gasteiger partial charge is 0.210 e. The number of alkyl halides is 1. The average Bonchev–Trinajstić information content (AvgIpc) is 3.53. The fourth-order valence-corrected chi connectivity index (χ4v) is 4.97. The monoisotopic (exact) mass is 500 g/mol. The Hall–Kier alpha value is -2.96. The summed E-state index contributed by atoms with van der Waals surface area (Å²) in [6.07, 6.45) is -5.78. The molecule has 0 bridgehead atoms. The van der Waals surface area contributed by atoms with Crippen molar-refractivity contribution in [2.75, 3.05) is 13.2 Å². The Morgan fingerprint density at radius 3 is 2.74 bits per heavy atom. The van der Waals surface area contributed by atoms with Gasteiger partial charge < -0.3 is 19.3 Å². The summed E-state index contributed by atoms with van der Waals surface area (Å²) in [4.78, 5) is 0. The zero-order valence-corrected chi connectivity index (χ0v) is 19.1. The van der Waals surface area contributed by atoms with Crippen LogP contribution in [0.15, 0.2) is 64.9 Å². The van der Waals surface area contributed by atoms with Gasteiger partial charge in [0.2, 0.25) is 6.30 Å². The summed E-state index contributed by atoms with van der Waals surface area (Å²) >= 11 is 6.17. The van der Waals surface area contributed by atoms with Gasteiger partial charge in [0.05, 0.1) is 12.3 Å². The second kappa shape index (κ2) is 9.25. The first kappa shape index (κ1) is 22.5. The second-order valence-corrected chi connectivity index (χ2v) is 9.00. The summed E-state index contributed by atoms with van der Waals surface area (Å²) in [6, 6.07) is 15.6. The van der Waals surface area contributed by atoms with Crippen LogP contribution in [0.3, 0.4) is 0 Å². The lowest BCUT2D eigenvalue weighted by atomic mass is 9.88. The molecular weight excluding hydrogens is 479 g/mol. The van der Waals surface area contributed by atoms with Crippen molar-refractivity contribution in [2.24, 2.45) is 10.3 Å². The third-order valence-electron chi connectivity index (χ3n) is 6.40. The minimum absolute atomic E-state index is 0.123. The van der Waals surface area contributed by atoms with Crippen molar-refractivity contribution in [2.45, 2.75) is 43.0 Å². The fraction of sp³-hybridized carbons (Fsp3) is 0.391. The molecule has 182 valence electrons. The first-order chi connectivity index (χ1) is 17.1. The van der Waals surface area contributed by atoms with Gasteiger partial charge in [-0.15, -0.1) is 5.10 Å². The van der Waals surface area contributed by atoms with Gasteiger partial charge in [-0.1, -0.05) is 64.5 Å². The molecule has 10 nitrogen and oxygen atoms in total. The van der Waals surface area contributed by atoms with E-state index in [2.05, 4.69) is 25.7 Å². The fourth-order valence-electron chi connectivity index (χ4n) is 4.78. The second-order valence-electron chi connectivity index (χ2n) is 8.56. The third-order valence-corrected chi connectivity index (χ3v) is 6.63. The highest BCUT2D eigenvalue weighted by molar-refractivity contribution is 6.30. The maximum absolute atomic E-state index is 14.8.